The molecule has 0 saturated heterocycles. The first-order valence-corrected chi connectivity index (χ1v) is 6.81. The molecular weight excluding hydrogens is 150 g/mol. The Morgan fingerprint density at radius 1 is 0.727 bits per heavy atom. The molecule has 0 aliphatic heterocycles. The van der Waals surface area contributed by atoms with E-state index in [-0.39, 0.29) is 0 Å². The lowest BCUT2D eigenvalue weighted by molar-refractivity contribution is 0.804. The van der Waals surface area contributed by atoms with Gasteiger partial charge in [-0.15, -0.1) is 0 Å². The van der Waals surface area contributed by atoms with E-state index in [2.05, 4.69) is 41.5 Å². The van der Waals surface area contributed by atoms with Crippen molar-refractivity contribution in [3.8, 4) is 0 Å². The molecule has 0 fully saturated rings. The average molecular weight is 172 g/mol. The van der Waals surface area contributed by atoms with E-state index < -0.39 is 8.24 Å². The summed E-state index contributed by atoms with van der Waals surface area (Å²) in [6.07, 6.45) is 0. The second-order valence-corrected chi connectivity index (χ2v) is 9.73. The van der Waals surface area contributed by atoms with E-state index in [1.54, 1.807) is 0 Å². The molecule has 1 radical (unpaired) electrons. The quantitative estimate of drug-likeness (QED) is 0.582. The maximum atomic E-state index is 8.42. The highest BCUT2D eigenvalue weighted by Gasteiger charge is 2.39. The third-order valence-electron chi connectivity index (χ3n) is 2.87. The van der Waals surface area contributed by atoms with Gasteiger partial charge >= 0.3 is 0 Å². The van der Waals surface area contributed by atoms with Crippen LogP contribution >= 0.6 is 0 Å². The molecule has 0 aromatic carbocycles. The van der Waals surface area contributed by atoms with Crippen LogP contribution in [0.3, 0.4) is 0 Å². The van der Waals surface area contributed by atoms with E-state index in [9.17, 15) is 0 Å². The second kappa shape index (κ2) is 3.72. The zero-order valence-electron chi connectivity index (χ0n) is 8.73. The predicted octanol–water partition coefficient (Wildman–Crippen LogP) is 3.44. The minimum Gasteiger partial charge on any atom is -0.284 e. The van der Waals surface area contributed by atoms with Crippen LogP contribution < -0.4 is 5.40 Å². The van der Waals surface area contributed by atoms with Crippen LogP contribution in [-0.2, 0) is 0 Å². The summed E-state index contributed by atoms with van der Waals surface area (Å²) in [5.41, 5.74) is 1.76. The van der Waals surface area contributed by atoms with Crippen LogP contribution in [-0.4, -0.2) is 8.24 Å². The van der Waals surface area contributed by atoms with Crippen LogP contribution in [0.4, 0.5) is 0 Å². The van der Waals surface area contributed by atoms with Gasteiger partial charge in [0.2, 0.25) is 0 Å². The summed E-state index contributed by atoms with van der Waals surface area (Å²) in [6.45, 7) is 13.2. The zero-order chi connectivity index (χ0) is 9.23. The van der Waals surface area contributed by atoms with Crippen molar-refractivity contribution < 1.29 is 0 Å². The highest BCUT2D eigenvalue weighted by molar-refractivity contribution is 6.80. The molecule has 67 valence electrons. The molecule has 0 rings (SSSR count). The molecule has 0 aromatic rings. The number of hydrogen-bond donors (Lipinski definition) is 0. The Kier molecular flexibility index (Phi) is 3.78. The summed E-state index contributed by atoms with van der Waals surface area (Å²) in [4.78, 5) is 0. The van der Waals surface area contributed by atoms with Crippen LogP contribution in [0, 0.1) is 0 Å². The molecule has 2 heteroatoms. The number of rotatable bonds is 3. The molecule has 0 unspecified atom stereocenters. The monoisotopic (exact) mass is 172 g/mol. The van der Waals surface area contributed by atoms with Gasteiger partial charge in [0.25, 0.3) is 0 Å². The fourth-order valence-electron chi connectivity index (χ4n) is 2.00. The fraction of sp³-hybridized carbons (Fsp3) is 1.00. The highest BCUT2D eigenvalue weighted by Crippen LogP contribution is 2.37. The maximum absolute atomic E-state index is 8.42. The fourth-order valence-corrected chi connectivity index (χ4v) is 6.00. The van der Waals surface area contributed by atoms with Gasteiger partial charge in [0.05, 0.1) is 0 Å². The van der Waals surface area contributed by atoms with Gasteiger partial charge in [-0.2, -0.15) is 0 Å². The summed E-state index contributed by atoms with van der Waals surface area (Å²) in [6, 6.07) is 0. The van der Waals surface area contributed by atoms with Gasteiger partial charge in [-0.25, -0.2) is 0 Å². The van der Waals surface area contributed by atoms with E-state index >= 15 is 0 Å². The van der Waals surface area contributed by atoms with Gasteiger partial charge in [-0.1, -0.05) is 41.5 Å². The lowest BCUT2D eigenvalue weighted by Gasteiger charge is -2.37. The average Bonchev–Trinajstić information content (AvgIpc) is 1.84. The standard InChI is InChI=1S/C9H22NSi/c1-7(2)11(10,8(3)4)9(5)6/h7-10H,1-6H3. The van der Waals surface area contributed by atoms with Crippen LogP contribution in [0.25, 0.3) is 0 Å². The molecule has 11 heavy (non-hydrogen) atoms. The van der Waals surface area contributed by atoms with E-state index in [1.807, 2.05) is 0 Å². The molecule has 1 nitrogen and oxygen atoms in total. The van der Waals surface area contributed by atoms with Gasteiger partial charge in [0.1, 0.15) is 8.24 Å². The summed E-state index contributed by atoms with van der Waals surface area (Å²) in [5.74, 6) is 0. The number of nitrogens with one attached hydrogen (secondary N) is 1. The van der Waals surface area contributed by atoms with Gasteiger partial charge in [-0.05, 0) is 16.6 Å². The Labute approximate surface area is 72.5 Å². The molecule has 0 saturated carbocycles. The van der Waals surface area contributed by atoms with Crippen molar-refractivity contribution in [3.63, 3.8) is 0 Å². The Morgan fingerprint density at radius 3 is 0.909 bits per heavy atom. The van der Waals surface area contributed by atoms with Crippen LogP contribution in [0.2, 0.25) is 16.6 Å². The largest absolute Gasteiger partial charge is 0.284 e. The molecule has 0 aliphatic rings. The Balaban J connectivity index is 4.53. The van der Waals surface area contributed by atoms with Crippen molar-refractivity contribution in [2.45, 2.75) is 58.2 Å². The van der Waals surface area contributed by atoms with Gasteiger partial charge < -0.3 is 0 Å². The van der Waals surface area contributed by atoms with Crippen molar-refractivity contribution in [2.75, 3.05) is 0 Å². The molecule has 0 heterocycles. The second-order valence-electron chi connectivity index (χ2n) is 4.40. The molecular formula is C9H22NSi. The van der Waals surface area contributed by atoms with E-state index in [0.29, 0.717) is 16.6 Å². The lowest BCUT2D eigenvalue weighted by atomic mass is 10.5. The van der Waals surface area contributed by atoms with Crippen molar-refractivity contribution in [1.82, 2.24) is 5.40 Å². The minimum atomic E-state index is -1.73. The van der Waals surface area contributed by atoms with Crippen LogP contribution in [0.1, 0.15) is 41.5 Å². The smallest absolute Gasteiger partial charge is 0.148 e. The highest BCUT2D eigenvalue weighted by atomic mass is 28.3. The third kappa shape index (κ3) is 2.06. The maximum Gasteiger partial charge on any atom is 0.148 e. The van der Waals surface area contributed by atoms with Gasteiger partial charge in [0.15, 0.2) is 0 Å². The van der Waals surface area contributed by atoms with E-state index in [4.69, 9.17) is 5.40 Å². The lowest BCUT2D eigenvalue weighted by Crippen LogP contribution is -2.46. The summed E-state index contributed by atoms with van der Waals surface area (Å²) in [5, 5.41) is 8.42. The molecule has 0 atom stereocenters. The normalized spacial score (nSPS) is 13.6. The molecule has 0 aromatic heterocycles. The SMILES string of the molecule is CC(C)[Si]([NH])(C(C)C)C(C)C. The van der Waals surface area contributed by atoms with Gasteiger partial charge in [0, 0.05) is 0 Å². The third-order valence-corrected chi connectivity index (χ3v) is 8.60. The Morgan fingerprint density at radius 2 is 0.909 bits per heavy atom. The molecule has 0 bridgehead atoms. The predicted molar refractivity (Wildman–Crippen MR) is 54.1 cm³/mol. The first-order valence-electron chi connectivity index (χ1n) is 4.58. The van der Waals surface area contributed by atoms with E-state index in [1.165, 1.54) is 0 Å². The van der Waals surface area contributed by atoms with Crippen molar-refractivity contribution >= 4 is 8.24 Å². The van der Waals surface area contributed by atoms with Crippen LogP contribution in [0.5, 0.6) is 0 Å². The first kappa shape index (κ1) is 11.2. The minimum absolute atomic E-state index is 0.586. The number of hydrogen-bond acceptors (Lipinski definition) is 0. The topological polar surface area (TPSA) is 23.8 Å². The molecule has 0 spiro atoms. The Bertz CT molecular complexity index is 97.0. The Hall–Kier alpha value is 0.177. The first-order chi connectivity index (χ1) is 4.83. The summed E-state index contributed by atoms with van der Waals surface area (Å²) < 4.78 is 0. The van der Waals surface area contributed by atoms with Gasteiger partial charge in [-0.3, -0.25) is 5.40 Å². The molecule has 1 N–H and O–H groups in total. The van der Waals surface area contributed by atoms with Crippen molar-refractivity contribution in [1.29, 1.82) is 0 Å². The van der Waals surface area contributed by atoms with Crippen molar-refractivity contribution in [3.05, 3.63) is 0 Å². The summed E-state index contributed by atoms with van der Waals surface area (Å²) in [7, 11) is -1.73. The summed E-state index contributed by atoms with van der Waals surface area (Å²) >= 11 is 0. The molecule has 0 aliphatic carbocycles. The van der Waals surface area contributed by atoms with Crippen LogP contribution in [0.15, 0.2) is 0 Å². The molecule has 0 amide bonds. The van der Waals surface area contributed by atoms with E-state index in [0.717, 1.165) is 0 Å². The van der Waals surface area contributed by atoms with Crippen molar-refractivity contribution in [2.24, 2.45) is 0 Å². The zero-order valence-corrected chi connectivity index (χ0v) is 9.73.